The van der Waals surface area contributed by atoms with Gasteiger partial charge in [-0.1, -0.05) is 29.8 Å². The minimum Gasteiger partial charge on any atom is -0.497 e. The summed E-state index contributed by atoms with van der Waals surface area (Å²) in [6.45, 7) is 2.90. The lowest BCUT2D eigenvalue weighted by Gasteiger charge is -2.15. The van der Waals surface area contributed by atoms with Crippen molar-refractivity contribution >= 4 is 27.5 Å². The molecule has 0 radical (unpaired) electrons. The molecule has 0 aromatic heterocycles. The average Bonchev–Trinajstić information content (AvgIpc) is 2.48. The summed E-state index contributed by atoms with van der Waals surface area (Å²) in [6, 6.07) is 14.3. The maximum atomic E-state index is 6.09. The molecule has 2 aromatic rings. The Balaban J connectivity index is 2.00. The highest BCUT2D eigenvalue weighted by atomic mass is 79.9. The van der Waals surface area contributed by atoms with Gasteiger partial charge in [-0.15, -0.1) is 0 Å². The molecule has 0 aliphatic heterocycles. The Kier molecular flexibility index (Phi) is 5.46. The lowest BCUT2D eigenvalue weighted by Crippen LogP contribution is -2.18. The van der Waals surface area contributed by atoms with E-state index in [4.69, 9.17) is 16.3 Å². The van der Waals surface area contributed by atoms with E-state index in [2.05, 4.69) is 40.3 Å². The highest BCUT2D eigenvalue weighted by molar-refractivity contribution is 9.10. The van der Waals surface area contributed by atoms with Crippen LogP contribution in [0.3, 0.4) is 0 Å². The fraction of sp³-hybridized carbons (Fsp3) is 0.250. The van der Waals surface area contributed by atoms with E-state index in [1.54, 1.807) is 7.11 Å². The van der Waals surface area contributed by atoms with Crippen molar-refractivity contribution in [3.63, 3.8) is 0 Å². The minimum absolute atomic E-state index is 0.243. The van der Waals surface area contributed by atoms with Crippen molar-refractivity contribution in [2.45, 2.75) is 19.5 Å². The van der Waals surface area contributed by atoms with Gasteiger partial charge in [-0.2, -0.15) is 0 Å². The van der Waals surface area contributed by atoms with Crippen LogP contribution in [-0.4, -0.2) is 7.11 Å². The first kappa shape index (κ1) is 15.4. The van der Waals surface area contributed by atoms with Crippen LogP contribution in [0.4, 0.5) is 0 Å². The van der Waals surface area contributed by atoms with Gasteiger partial charge < -0.3 is 10.1 Å². The third kappa shape index (κ3) is 3.98. The molecular formula is C16H17BrClNO. The van der Waals surface area contributed by atoms with Crippen molar-refractivity contribution in [3.8, 4) is 5.75 Å². The zero-order valence-electron chi connectivity index (χ0n) is 11.5. The molecule has 0 heterocycles. The fourth-order valence-corrected chi connectivity index (χ4v) is 2.40. The van der Waals surface area contributed by atoms with Crippen LogP contribution in [0.1, 0.15) is 24.1 Å². The van der Waals surface area contributed by atoms with E-state index in [0.717, 1.165) is 27.4 Å². The van der Waals surface area contributed by atoms with Crippen LogP contribution in [-0.2, 0) is 6.54 Å². The lowest BCUT2D eigenvalue weighted by atomic mass is 10.1. The predicted molar refractivity (Wildman–Crippen MR) is 87.4 cm³/mol. The molecule has 0 amide bonds. The van der Waals surface area contributed by atoms with Crippen molar-refractivity contribution in [2.75, 3.05) is 7.11 Å². The summed E-state index contributed by atoms with van der Waals surface area (Å²) < 4.78 is 6.17. The molecule has 0 saturated heterocycles. The smallest absolute Gasteiger partial charge is 0.119 e. The molecule has 1 N–H and O–H groups in total. The monoisotopic (exact) mass is 353 g/mol. The summed E-state index contributed by atoms with van der Waals surface area (Å²) in [6.07, 6.45) is 0. The lowest BCUT2D eigenvalue weighted by molar-refractivity contribution is 0.413. The normalized spacial score (nSPS) is 12.2. The molecule has 1 atom stereocenters. The Labute approximate surface area is 133 Å². The number of rotatable bonds is 5. The average molecular weight is 355 g/mol. The maximum absolute atomic E-state index is 6.09. The minimum atomic E-state index is 0.243. The predicted octanol–water partition coefficient (Wildman–Crippen LogP) is 4.96. The van der Waals surface area contributed by atoms with Crippen LogP contribution < -0.4 is 10.1 Å². The van der Waals surface area contributed by atoms with Gasteiger partial charge in [0.05, 0.1) is 12.1 Å². The summed E-state index contributed by atoms with van der Waals surface area (Å²) in [5.74, 6) is 0.878. The van der Waals surface area contributed by atoms with Crippen LogP contribution in [0.2, 0.25) is 5.02 Å². The molecule has 20 heavy (non-hydrogen) atoms. The number of hydrogen-bond acceptors (Lipinski definition) is 2. The first-order valence-electron chi connectivity index (χ1n) is 6.41. The molecule has 2 aromatic carbocycles. The van der Waals surface area contributed by atoms with Crippen LogP contribution in [0, 0.1) is 0 Å². The second-order valence-electron chi connectivity index (χ2n) is 4.63. The Bertz CT molecular complexity index is 588. The number of hydrogen-bond donors (Lipinski definition) is 1. The van der Waals surface area contributed by atoms with Crippen LogP contribution in [0.15, 0.2) is 46.9 Å². The van der Waals surface area contributed by atoms with Gasteiger partial charge in [-0.25, -0.2) is 0 Å². The van der Waals surface area contributed by atoms with E-state index < -0.39 is 0 Å². The van der Waals surface area contributed by atoms with E-state index in [0.29, 0.717) is 0 Å². The first-order valence-corrected chi connectivity index (χ1v) is 7.58. The molecular weight excluding hydrogens is 338 g/mol. The van der Waals surface area contributed by atoms with Gasteiger partial charge in [0.25, 0.3) is 0 Å². The standard InChI is InChI=1S/C16H17BrClNO/c1-11(13-4-3-5-14(9-13)20-2)19-10-12-6-7-15(17)16(18)8-12/h3-9,11,19H,10H2,1-2H3/t11-/m0/s1. The van der Waals surface area contributed by atoms with Gasteiger partial charge >= 0.3 is 0 Å². The topological polar surface area (TPSA) is 21.3 Å². The van der Waals surface area contributed by atoms with Crippen LogP contribution in [0.5, 0.6) is 5.75 Å². The molecule has 0 saturated carbocycles. The number of methoxy groups -OCH3 is 1. The van der Waals surface area contributed by atoms with E-state index in [1.165, 1.54) is 5.56 Å². The Hall–Kier alpha value is -1.03. The highest BCUT2D eigenvalue weighted by Gasteiger charge is 2.06. The molecule has 106 valence electrons. The summed E-state index contributed by atoms with van der Waals surface area (Å²) in [5.41, 5.74) is 2.36. The molecule has 2 rings (SSSR count). The van der Waals surface area contributed by atoms with Crippen LogP contribution in [0.25, 0.3) is 0 Å². The van der Waals surface area contributed by atoms with E-state index >= 15 is 0 Å². The molecule has 0 spiro atoms. The zero-order valence-corrected chi connectivity index (χ0v) is 13.8. The van der Waals surface area contributed by atoms with Crippen molar-refractivity contribution in [1.82, 2.24) is 5.32 Å². The molecule has 0 aliphatic carbocycles. The van der Waals surface area contributed by atoms with Gasteiger partial charge in [0.1, 0.15) is 5.75 Å². The summed E-state index contributed by atoms with van der Waals surface area (Å²) in [4.78, 5) is 0. The van der Waals surface area contributed by atoms with Gasteiger partial charge in [0.15, 0.2) is 0 Å². The molecule has 2 nitrogen and oxygen atoms in total. The van der Waals surface area contributed by atoms with Crippen molar-refractivity contribution < 1.29 is 4.74 Å². The Morgan fingerprint density at radius 3 is 2.75 bits per heavy atom. The van der Waals surface area contributed by atoms with Crippen molar-refractivity contribution in [1.29, 1.82) is 0 Å². The van der Waals surface area contributed by atoms with Gasteiger partial charge in [0, 0.05) is 17.1 Å². The third-order valence-electron chi connectivity index (χ3n) is 3.19. The van der Waals surface area contributed by atoms with Crippen molar-refractivity contribution in [2.24, 2.45) is 0 Å². The number of ether oxygens (including phenoxy) is 1. The zero-order chi connectivity index (χ0) is 14.5. The third-order valence-corrected chi connectivity index (χ3v) is 4.42. The largest absolute Gasteiger partial charge is 0.497 e. The quantitative estimate of drug-likeness (QED) is 0.819. The maximum Gasteiger partial charge on any atom is 0.119 e. The second-order valence-corrected chi connectivity index (χ2v) is 5.89. The molecule has 0 bridgehead atoms. The Morgan fingerprint density at radius 1 is 1.25 bits per heavy atom. The number of nitrogens with one attached hydrogen (secondary N) is 1. The number of benzene rings is 2. The highest BCUT2D eigenvalue weighted by Crippen LogP contribution is 2.24. The second kappa shape index (κ2) is 7.11. The van der Waals surface area contributed by atoms with E-state index in [1.807, 2.05) is 30.3 Å². The Morgan fingerprint density at radius 2 is 2.05 bits per heavy atom. The summed E-state index contributed by atoms with van der Waals surface area (Å²) in [5, 5.41) is 4.22. The van der Waals surface area contributed by atoms with Gasteiger partial charge in [-0.05, 0) is 58.2 Å². The molecule has 4 heteroatoms. The van der Waals surface area contributed by atoms with Crippen molar-refractivity contribution in [3.05, 3.63) is 63.1 Å². The molecule has 0 unspecified atom stereocenters. The van der Waals surface area contributed by atoms with Gasteiger partial charge in [0.2, 0.25) is 0 Å². The molecule has 0 fully saturated rings. The van der Waals surface area contributed by atoms with E-state index in [9.17, 15) is 0 Å². The number of halogens is 2. The molecule has 0 aliphatic rings. The van der Waals surface area contributed by atoms with Crippen LogP contribution >= 0.6 is 27.5 Å². The van der Waals surface area contributed by atoms with E-state index in [-0.39, 0.29) is 6.04 Å². The fourth-order valence-electron chi connectivity index (χ4n) is 1.95. The summed E-state index contributed by atoms with van der Waals surface area (Å²) in [7, 11) is 1.68. The summed E-state index contributed by atoms with van der Waals surface area (Å²) >= 11 is 9.49. The SMILES string of the molecule is COc1cccc([C@H](C)NCc2ccc(Br)c(Cl)c2)c1. The first-order chi connectivity index (χ1) is 9.60. The van der Waals surface area contributed by atoms with Gasteiger partial charge in [-0.3, -0.25) is 0 Å².